The summed E-state index contributed by atoms with van der Waals surface area (Å²) in [5.41, 5.74) is 0. The molecule has 8 heavy (non-hydrogen) atoms. The molecule has 0 aliphatic heterocycles. The van der Waals surface area contributed by atoms with Crippen LogP contribution in [-0.4, -0.2) is 24.5 Å². The van der Waals surface area contributed by atoms with Crippen molar-refractivity contribution in [3.8, 4) is 0 Å². The van der Waals surface area contributed by atoms with Crippen LogP contribution in [0.4, 0.5) is 0 Å². The molecule has 0 aliphatic carbocycles. The fraction of sp³-hybridized carbons (Fsp3) is 0.800. The monoisotopic (exact) mass is 133 g/mol. The fourth-order valence-corrected chi connectivity index (χ4v) is 0.635. The maximum absolute atomic E-state index is 10.2. The minimum absolute atomic E-state index is 0.194. The molecule has 0 rings (SSSR count). The molecule has 3 heteroatoms. The maximum atomic E-state index is 10.2. The Bertz CT molecular complexity index is 74.8. The molecule has 0 radical (unpaired) electrons. The van der Waals surface area contributed by atoms with E-state index in [-0.39, 0.29) is 5.78 Å². The van der Waals surface area contributed by atoms with E-state index in [1.54, 1.807) is 18.7 Å². The first-order valence-corrected chi connectivity index (χ1v) is 3.86. The number of carbonyl (C=O) groups is 1. The van der Waals surface area contributed by atoms with Gasteiger partial charge in [0.15, 0.2) is 0 Å². The first-order chi connectivity index (χ1) is 3.77. The Labute approximate surface area is 54.0 Å². The van der Waals surface area contributed by atoms with Crippen molar-refractivity contribution < 1.29 is 4.79 Å². The molecule has 0 spiro atoms. The predicted octanol–water partition coefficient (Wildman–Crippen LogP) is 0.485. The summed E-state index contributed by atoms with van der Waals surface area (Å²) < 4.78 is 0. The van der Waals surface area contributed by atoms with Crippen LogP contribution in [0.1, 0.15) is 6.92 Å². The maximum Gasteiger partial charge on any atom is 0.143 e. The lowest BCUT2D eigenvalue weighted by molar-refractivity contribution is -0.116. The van der Waals surface area contributed by atoms with Crippen molar-refractivity contribution in [3.63, 3.8) is 0 Å². The van der Waals surface area contributed by atoms with Gasteiger partial charge in [0.05, 0.1) is 6.54 Å². The van der Waals surface area contributed by atoms with Crippen molar-refractivity contribution in [1.82, 2.24) is 5.32 Å². The van der Waals surface area contributed by atoms with E-state index in [0.29, 0.717) is 6.54 Å². The zero-order valence-corrected chi connectivity index (χ0v) is 6.05. The first kappa shape index (κ1) is 7.98. The van der Waals surface area contributed by atoms with E-state index in [1.807, 2.05) is 6.26 Å². The van der Waals surface area contributed by atoms with E-state index in [1.165, 1.54) is 0 Å². The number of thioether (sulfide) groups is 1. The summed E-state index contributed by atoms with van der Waals surface area (Å²) in [4.78, 5) is 10.2. The molecule has 0 aliphatic rings. The van der Waals surface area contributed by atoms with Crippen LogP contribution in [0.2, 0.25) is 0 Å². The summed E-state index contributed by atoms with van der Waals surface area (Å²) in [5, 5.41) is 2.95. The summed E-state index contributed by atoms with van der Waals surface area (Å²) >= 11 is 1.68. The van der Waals surface area contributed by atoms with Gasteiger partial charge in [-0.25, -0.2) is 0 Å². The summed E-state index contributed by atoms with van der Waals surface area (Å²) in [6, 6.07) is 0. The van der Waals surface area contributed by atoms with E-state index in [2.05, 4.69) is 5.32 Å². The highest BCUT2D eigenvalue weighted by atomic mass is 32.2. The van der Waals surface area contributed by atoms with Crippen LogP contribution in [-0.2, 0) is 4.79 Å². The third-order valence-electron chi connectivity index (χ3n) is 0.620. The zero-order valence-electron chi connectivity index (χ0n) is 5.23. The Morgan fingerprint density at radius 2 is 2.38 bits per heavy atom. The Hall–Kier alpha value is -0.0200. The molecule has 0 aromatic heterocycles. The smallest absolute Gasteiger partial charge is 0.143 e. The number of carbonyl (C=O) groups excluding carboxylic acids is 1. The van der Waals surface area contributed by atoms with Gasteiger partial charge in [0.1, 0.15) is 5.78 Å². The Morgan fingerprint density at radius 3 is 2.75 bits per heavy atom. The Balaban J connectivity index is 2.82. The van der Waals surface area contributed by atoms with Crippen LogP contribution in [0.3, 0.4) is 0 Å². The Morgan fingerprint density at radius 1 is 1.75 bits per heavy atom. The highest BCUT2D eigenvalue weighted by Gasteiger charge is 1.87. The van der Waals surface area contributed by atoms with E-state index in [0.717, 1.165) is 5.88 Å². The molecular formula is C5H11NOS. The van der Waals surface area contributed by atoms with Crippen molar-refractivity contribution >= 4 is 17.5 Å². The molecule has 0 unspecified atom stereocenters. The molecule has 0 saturated heterocycles. The summed E-state index contributed by atoms with van der Waals surface area (Å²) in [7, 11) is 0. The molecule has 2 nitrogen and oxygen atoms in total. The second-order valence-electron chi connectivity index (χ2n) is 1.56. The number of hydrogen-bond acceptors (Lipinski definition) is 3. The molecule has 0 fully saturated rings. The molecule has 0 bridgehead atoms. The van der Waals surface area contributed by atoms with Gasteiger partial charge in [0.25, 0.3) is 0 Å². The fourth-order valence-electron chi connectivity index (χ4n) is 0.329. The van der Waals surface area contributed by atoms with Crippen molar-refractivity contribution in [1.29, 1.82) is 0 Å². The SMILES string of the molecule is CSCNCC(C)=O. The second kappa shape index (κ2) is 5.12. The number of nitrogens with one attached hydrogen (secondary N) is 1. The van der Waals surface area contributed by atoms with E-state index < -0.39 is 0 Å². The lowest BCUT2D eigenvalue weighted by atomic mass is 10.5. The van der Waals surface area contributed by atoms with Gasteiger partial charge < -0.3 is 5.32 Å². The number of ketones is 1. The number of Topliss-reactive ketones (excluding diaryl/α,β-unsaturated/α-hetero) is 1. The van der Waals surface area contributed by atoms with Gasteiger partial charge in [-0.2, -0.15) is 0 Å². The molecule has 0 aromatic carbocycles. The van der Waals surface area contributed by atoms with Crippen LogP contribution in [0.15, 0.2) is 0 Å². The van der Waals surface area contributed by atoms with Crippen molar-refractivity contribution in [2.75, 3.05) is 18.7 Å². The number of hydrogen-bond donors (Lipinski definition) is 1. The van der Waals surface area contributed by atoms with E-state index in [9.17, 15) is 4.79 Å². The number of rotatable bonds is 4. The van der Waals surface area contributed by atoms with Crippen LogP contribution in [0, 0.1) is 0 Å². The molecule has 0 amide bonds. The van der Waals surface area contributed by atoms with Gasteiger partial charge in [-0.15, -0.1) is 11.8 Å². The van der Waals surface area contributed by atoms with Crippen molar-refractivity contribution in [3.05, 3.63) is 0 Å². The molecule has 0 atom stereocenters. The average Bonchev–Trinajstić information content (AvgIpc) is 1.66. The zero-order chi connectivity index (χ0) is 6.41. The molecule has 48 valence electrons. The summed E-state index contributed by atoms with van der Waals surface area (Å²) in [6.07, 6.45) is 1.99. The van der Waals surface area contributed by atoms with Crippen molar-refractivity contribution in [2.24, 2.45) is 0 Å². The first-order valence-electron chi connectivity index (χ1n) is 2.46. The van der Waals surface area contributed by atoms with Crippen LogP contribution in [0.25, 0.3) is 0 Å². The molecule has 0 aromatic rings. The summed E-state index contributed by atoms with van der Waals surface area (Å²) in [5.74, 6) is 1.05. The predicted molar refractivity (Wildman–Crippen MR) is 37.1 cm³/mol. The lowest BCUT2D eigenvalue weighted by Gasteiger charge is -1.95. The Kier molecular flexibility index (Phi) is 5.11. The molecule has 0 saturated carbocycles. The minimum atomic E-state index is 0.194. The highest BCUT2D eigenvalue weighted by Crippen LogP contribution is 1.83. The molecule has 1 N–H and O–H groups in total. The van der Waals surface area contributed by atoms with Crippen LogP contribution in [0.5, 0.6) is 0 Å². The summed E-state index contributed by atoms with van der Waals surface area (Å²) in [6.45, 7) is 2.08. The van der Waals surface area contributed by atoms with Crippen LogP contribution >= 0.6 is 11.8 Å². The van der Waals surface area contributed by atoms with Gasteiger partial charge in [-0.3, -0.25) is 4.79 Å². The van der Waals surface area contributed by atoms with E-state index >= 15 is 0 Å². The van der Waals surface area contributed by atoms with Gasteiger partial charge in [-0.1, -0.05) is 0 Å². The third kappa shape index (κ3) is 5.98. The van der Waals surface area contributed by atoms with Crippen molar-refractivity contribution in [2.45, 2.75) is 6.92 Å². The second-order valence-corrected chi connectivity index (χ2v) is 2.43. The van der Waals surface area contributed by atoms with Gasteiger partial charge >= 0.3 is 0 Å². The normalized spacial score (nSPS) is 9.25. The molecular weight excluding hydrogens is 122 g/mol. The topological polar surface area (TPSA) is 29.1 Å². The standard InChI is InChI=1S/C5H11NOS/c1-5(7)3-6-4-8-2/h6H,3-4H2,1-2H3. The van der Waals surface area contributed by atoms with Gasteiger partial charge in [0, 0.05) is 5.88 Å². The van der Waals surface area contributed by atoms with E-state index in [4.69, 9.17) is 0 Å². The highest BCUT2D eigenvalue weighted by molar-refractivity contribution is 7.98. The van der Waals surface area contributed by atoms with Crippen LogP contribution < -0.4 is 5.32 Å². The quantitative estimate of drug-likeness (QED) is 0.447. The minimum Gasteiger partial charge on any atom is -0.301 e. The molecule has 0 heterocycles. The van der Waals surface area contributed by atoms with Gasteiger partial charge in [-0.05, 0) is 13.2 Å². The lowest BCUT2D eigenvalue weighted by Crippen LogP contribution is -2.19. The largest absolute Gasteiger partial charge is 0.301 e. The average molecular weight is 133 g/mol. The third-order valence-corrected chi connectivity index (χ3v) is 1.11. The van der Waals surface area contributed by atoms with Gasteiger partial charge in [0.2, 0.25) is 0 Å².